The summed E-state index contributed by atoms with van der Waals surface area (Å²) in [7, 11) is 0. The van der Waals surface area contributed by atoms with E-state index in [1.807, 2.05) is 17.5 Å². The van der Waals surface area contributed by atoms with Crippen molar-refractivity contribution in [2.75, 3.05) is 31.1 Å². The summed E-state index contributed by atoms with van der Waals surface area (Å²) in [5.74, 6) is 2.41. The minimum absolute atomic E-state index is 0.383. The Morgan fingerprint density at radius 1 is 1.04 bits per heavy atom. The Bertz CT molecular complexity index is 920. The van der Waals surface area contributed by atoms with Crippen molar-refractivity contribution in [2.24, 2.45) is 0 Å². The van der Waals surface area contributed by atoms with E-state index in [9.17, 15) is 0 Å². The number of anilines is 1. The van der Waals surface area contributed by atoms with Gasteiger partial charge in [-0.2, -0.15) is 4.52 Å². The third-order valence-corrected chi connectivity index (χ3v) is 5.78. The first-order chi connectivity index (χ1) is 13.3. The molecule has 0 bridgehead atoms. The lowest BCUT2D eigenvalue weighted by atomic mass is 9.96. The van der Waals surface area contributed by atoms with Gasteiger partial charge in [0.25, 0.3) is 0 Å². The molecule has 142 valence electrons. The average Bonchev–Trinajstić information content (AvgIpc) is 3.44. The predicted molar refractivity (Wildman–Crippen MR) is 98.5 cm³/mol. The zero-order valence-corrected chi connectivity index (χ0v) is 15.6. The number of likely N-dealkylation sites (tertiary alicyclic amines) is 1. The Kier molecular flexibility index (Phi) is 4.23. The minimum atomic E-state index is 0.383. The third-order valence-electron chi connectivity index (χ3n) is 5.78. The van der Waals surface area contributed by atoms with Crippen LogP contribution in [-0.4, -0.2) is 61.2 Å². The molecule has 2 aliphatic heterocycles. The second kappa shape index (κ2) is 6.88. The van der Waals surface area contributed by atoms with Crippen LogP contribution in [0.25, 0.3) is 5.65 Å². The van der Waals surface area contributed by atoms with Gasteiger partial charge in [0.05, 0.1) is 0 Å². The zero-order valence-electron chi connectivity index (χ0n) is 15.6. The fourth-order valence-electron chi connectivity index (χ4n) is 4.12. The predicted octanol–water partition coefficient (Wildman–Crippen LogP) is 1.80. The van der Waals surface area contributed by atoms with Crippen molar-refractivity contribution in [3.8, 4) is 0 Å². The van der Waals surface area contributed by atoms with Gasteiger partial charge in [0.1, 0.15) is 17.2 Å². The lowest BCUT2D eigenvalue weighted by molar-refractivity contribution is 0.194. The molecule has 2 fully saturated rings. The summed E-state index contributed by atoms with van der Waals surface area (Å²) in [6.07, 6.45) is 4.57. The van der Waals surface area contributed by atoms with Crippen molar-refractivity contribution in [1.82, 2.24) is 35.0 Å². The molecule has 5 heterocycles. The van der Waals surface area contributed by atoms with Crippen LogP contribution in [0.15, 0.2) is 16.8 Å². The van der Waals surface area contributed by atoms with Crippen molar-refractivity contribution in [1.29, 1.82) is 0 Å². The standard InChI is InChI=1S/C18H24N8O/c1-13-15(23-27-22-13)12-24-10-6-14(7-11-24)18-20-19-16-4-5-17(21-26(16)18)25-8-2-3-9-25/h4-5,14H,2-3,6-12H2,1H3. The van der Waals surface area contributed by atoms with Crippen LogP contribution in [0.5, 0.6) is 0 Å². The second-order valence-electron chi connectivity index (χ2n) is 7.56. The van der Waals surface area contributed by atoms with Crippen LogP contribution in [0.2, 0.25) is 0 Å². The molecule has 27 heavy (non-hydrogen) atoms. The first kappa shape index (κ1) is 16.6. The van der Waals surface area contributed by atoms with Crippen molar-refractivity contribution in [3.05, 3.63) is 29.3 Å². The summed E-state index contributed by atoms with van der Waals surface area (Å²) < 4.78 is 6.77. The van der Waals surface area contributed by atoms with Gasteiger partial charge in [-0.3, -0.25) is 4.90 Å². The molecule has 0 unspecified atom stereocenters. The Morgan fingerprint density at radius 2 is 1.85 bits per heavy atom. The van der Waals surface area contributed by atoms with Crippen LogP contribution in [-0.2, 0) is 6.54 Å². The molecule has 0 saturated carbocycles. The van der Waals surface area contributed by atoms with E-state index in [1.54, 1.807) is 0 Å². The van der Waals surface area contributed by atoms with Gasteiger partial charge in [-0.05, 0) is 57.8 Å². The summed E-state index contributed by atoms with van der Waals surface area (Å²) >= 11 is 0. The van der Waals surface area contributed by atoms with Crippen LogP contribution in [0, 0.1) is 6.92 Å². The quantitative estimate of drug-likeness (QED) is 0.689. The summed E-state index contributed by atoms with van der Waals surface area (Å²) in [5, 5.41) is 21.5. The fraction of sp³-hybridized carbons (Fsp3) is 0.611. The van der Waals surface area contributed by atoms with Crippen molar-refractivity contribution < 1.29 is 4.63 Å². The van der Waals surface area contributed by atoms with Crippen LogP contribution >= 0.6 is 0 Å². The molecule has 0 spiro atoms. The zero-order chi connectivity index (χ0) is 18.2. The lowest BCUT2D eigenvalue weighted by Crippen LogP contribution is -2.33. The van der Waals surface area contributed by atoms with Gasteiger partial charge in [-0.25, -0.2) is 4.63 Å². The number of hydrogen-bond acceptors (Lipinski definition) is 8. The second-order valence-corrected chi connectivity index (χ2v) is 7.56. The normalized spacial score (nSPS) is 19.4. The van der Waals surface area contributed by atoms with E-state index in [-0.39, 0.29) is 0 Å². The highest BCUT2D eigenvalue weighted by Gasteiger charge is 2.26. The maximum atomic E-state index is 4.86. The maximum absolute atomic E-state index is 4.86. The smallest absolute Gasteiger partial charge is 0.178 e. The fourth-order valence-corrected chi connectivity index (χ4v) is 4.12. The molecular weight excluding hydrogens is 344 g/mol. The van der Waals surface area contributed by atoms with Crippen LogP contribution in [0.1, 0.15) is 48.8 Å². The van der Waals surface area contributed by atoms with E-state index in [0.717, 1.165) is 74.2 Å². The van der Waals surface area contributed by atoms with Crippen molar-refractivity contribution in [3.63, 3.8) is 0 Å². The molecule has 2 saturated heterocycles. The molecule has 0 N–H and O–H groups in total. The van der Waals surface area contributed by atoms with Crippen molar-refractivity contribution in [2.45, 2.75) is 45.1 Å². The van der Waals surface area contributed by atoms with E-state index < -0.39 is 0 Å². The molecule has 3 aromatic heterocycles. The number of aryl methyl sites for hydroxylation is 1. The SMILES string of the molecule is Cc1nonc1CN1CCC(c2nnc3ccc(N4CCCC4)nn23)CC1. The first-order valence-electron chi connectivity index (χ1n) is 9.75. The highest BCUT2D eigenvalue weighted by molar-refractivity contribution is 5.46. The van der Waals surface area contributed by atoms with Gasteiger partial charge in [0, 0.05) is 25.6 Å². The van der Waals surface area contributed by atoms with Gasteiger partial charge in [-0.1, -0.05) is 10.3 Å². The number of fused-ring (bicyclic) bond motifs is 1. The first-order valence-corrected chi connectivity index (χ1v) is 9.75. The number of nitrogens with zero attached hydrogens (tertiary/aromatic N) is 8. The van der Waals surface area contributed by atoms with E-state index in [4.69, 9.17) is 9.73 Å². The third kappa shape index (κ3) is 3.16. The van der Waals surface area contributed by atoms with E-state index in [1.165, 1.54) is 12.8 Å². The molecule has 2 aliphatic rings. The summed E-state index contributed by atoms with van der Waals surface area (Å²) in [6, 6.07) is 4.10. The van der Waals surface area contributed by atoms with Gasteiger partial charge >= 0.3 is 0 Å². The molecule has 9 nitrogen and oxygen atoms in total. The van der Waals surface area contributed by atoms with E-state index >= 15 is 0 Å². The highest BCUT2D eigenvalue weighted by Crippen LogP contribution is 2.28. The highest BCUT2D eigenvalue weighted by atomic mass is 16.6. The molecule has 9 heteroatoms. The number of hydrogen-bond donors (Lipinski definition) is 0. The Hall–Kier alpha value is -2.55. The Labute approximate surface area is 157 Å². The molecule has 0 amide bonds. The number of rotatable bonds is 4. The minimum Gasteiger partial charge on any atom is -0.355 e. The Balaban J connectivity index is 1.31. The van der Waals surface area contributed by atoms with Gasteiger partial charge < -0.3 is 4.90 Å². The molecule has 5 rings (SSSR count). The molecular formula is C18H24N8O. The molecule has 0 aromatic carbocycles. The monoisotopic (exact) mass is 368 g/mol. The van der Waals surface area contributed by atoms with Crippen LogP contribution in [0.4, 0.5) is 5.82 Å². The maximum Gasteiger partial charge on any atom is 0.178 e. The molecule has 0 radical (unpaired) electrons. The number of piperidine rings is 1. The summed E-state index contributed by atoms with van der Waals surface area (Å²) in [4.78, 5) is 4.75. The summed E-state index contributed by atoms with van der Waals surface area (Å²) in [5.41, 5.74) is 2.64. The van der Waals surface area contributed by atoms with E-state index in [0.29, 0.717) is 5.92 Å². The average molecular weight is 368 g/mol. The van der Waals surface area contributed by atoms with Crippen molar-refractivity contribution >= 4 is 11.5 Å². The molecule has 3 aromatic rings. The van der Waals surface area contributed by atoms with Gasteiger partial charge in [0.15, 0.2) is 11.5 Å². The number of aromatic nitrogens is 6. The molecule has 0 aliphatic carbocycles. The van der Waals surface area contributed by atoms with Crippen LogP contribution in [0.3, 0.4) is 0 Å². The lowest BCUT2D eigenvalue weighted by Gasteiger charge is -2.30. The molecule has 0 atom stereocenters. The Morgan fingerprint density at radius 3 is 2.59 bits per heavy atom. The van der Waals surface area contributed by atoms with Gasteiger partial charge in [0.2, 0.25) is 0 Å². The topological polar surface area (TPSA) is 88.5 Å². The van der Waals surface area contributed by atoms with E-state index in [2.05, 4.69) is 36.4 Å². The summed E-state index contributed by atoms with van der Waals surface area (Å²) in [6.45, 7) is 6.90. The van der Waals surface area contributed by atoms with Crippen LogP contribution < -0.4 is 4.90 Å². The van der Waals surface area contributed by atoms with Gasteiger partial charge in [-0.15, -0.1) is 15.3 Å². The largest absolute Gasteiger partial charge is 0.355 e.